The number of aromatic amines is 1. The minimum atomic E-state index is -0.420. The van der Waals surface area contributed by atoms with Gasteiger partial charge in [-0.3, -0.25) is 9.78 Å². The van der Waals surface area contributed by atoms with Gasteiger partial charge in [-0.25, -0.2) is 9.37 Å². The van der Waals surface area contributed by atoms with Crippen LogP contribution in [0.3, 0.4) is 0 Å². The molecule has 0 amide bonds. The topological polar surface area (TPSA) is 58.2 Å². The Kier molecular flexibility index (Phi) is 2.94. The third-order valence-electron chi connectivity index (χ3n) is 3.26. The van der Waals surface area contributed by atoms with E-state index < -0.39 is 5.82 Å². The molecule has 1 aromatic heterocycles. The normalized spacial score (nSPS) is 16.0. The number of nitrogens with one attached hydrogen (secondary N) is 1. The summed E-state index contributed by atoms with van der Waals surface area (Å²) >= 11 is 0. The van der Waals surface area contributed by atoms with Gasteiger partial charge in [-0.15, -0.1) is 0 Å². The second-order valence-corrected chi connectivity index (χ2v) is 4.61. The lowest BCUT2D eigenvalue weighted by Crippen LogP contribution is -2.38. The summed E-state index contributed by atoms with van der Waals surface area (Å²) in [6.07, 6.45) is 0. The highest BCUT2D eigenvalue weighted by Gasteiger charge is 2.15. The number of hydrogen-bond acceptors (Lipinski definition) is 4. The van der Waals surface area contributed by atoms with Crippen LogP contribution in [0.15, 0.2) is 16.9 Å². The predicted octanol–water partition coefficient (Wildman–Crippen LogP) is 1.21. The summed E-state index contributed by atoms with van der Waals surface area (Å²) in [6.45, 7) is 4.36. The van der Waals surface area contributed by atoms with Crippen LogP contribution in [0.2, 0.25) is 0 Å². The quantitative estimate of drug-likeness (QED) is 0.840. The maximum Gasteiger partial charge on any atom is 0.260 e. The van der Waals surface area contributed by atoms with Gasteiger partial charge in [-0.1, -0.05) is 0 Å². The van der Waals surface area contributed by atoms with Crippen molar-refractivity contribution in [3.8, 4) is 0 Å². The van der Waals surface area contributed by atoms with Crippen molar-refractivity contribution < 1.29 is 9.13 Å². The molecule has 0 radical (unpaired) electrons. The third-order valence-corrected chi connectivity index (χ3v) is 3.26. The fraction of sp³-hybridized carbons (Fsp3) is 0.385. The molecule has 19 heavy (non-hydrogen) atoms. The van der Waals surface area contributed by atoms with E-state index in [1.165, 1.54) is 12.1 Å². The molecule has 100 valence electrons. The van der Waals surface area contributed by atoms with Gasteiger partial charge in [0.1, 0.15) is 5.82 Å². The van der Waals surface area contributed by atoms with Crippen molar-refractivity contribution in [2.45, 2.75) is 6.92 Å². The SMILES string of the molecule is Cc1cc(F)cc2c(=O)[nH]c(N3CCOCC3)nc12. The van der Waals surface area contributed by atoms with Gasteiger partial charge in [0.25, 0.3) is 5.56 Å². The van der Waals surface area contributed by atoms with E-state index >= 15 is 0 Å². The molecular formula is C13H14FN3O2. The first-order chi connectivity index (χ1) is 9.15. The van der Waals surface area contributed by atoms with E-state index in [1.807, 2.05) is 4.90 Å². The minimum absolute atomic E-state index is 0.287. The first kappa shape index (κ1) is 12.1. The van der Waals surface area contributed by atoms with E-state index in [9.17, 15) is 9.18 Å². The van der Waals surface area contributed by atoms with Crippen LogP contribution in [0.4, 0.5) is 10.3 Å². The number of nitrogens with zero attached hydrogens (tertiary/aromatic N) is 2. The zero-order valence-corrected chi connectivity index (χ0v) is 10.6. The molecule has 6 heteroatoms. The number of aromatic nitrogens is 2. The molecule has 0 saturated carbocycles. The molecule has 1 saturated heterocycles. The Morgan fingerprint density at radius 1 is 1.37 bits per heavy atom. The molecule has 1 aromatic carbocycles. The van der Waals surface area contributed by atoms with E-state index in [2.05, 4.69) is 9.97 Å². The molecule has 0 bridgehead atoms. The number of aryl methyl sites for hydroxylation is 1. The Balaban J connectivity index is 2.15. The zero-order valence-electron chi connectivity index (χ0n) is 10.6. The molecule has 2 heterocycles. The maximum absolute atomic E-state index is 13.3. The lowest BCUT2D eigenvalue weighted by molar-refractivity contribution is 0.122. The van der Waals surface area contributed by atoms with E-state index in [0.717, 1.165) is 0 Å². The Hall–Kier alpha value is -1.95. The van der Waals surface area contributed by atoms with Crippen LogP contribution in [0, 0.1) is 12.7 Å². The lowest BCUT2D eigenvalue weighted by atomic mass is 10.1. The summed E-state index contributed by atoms with van der Waals surface area (Å²) < 4.78 is 18.6. The second-order valence-electron chi connectivity index (χ2n) is 4.61. The van der Waals surface area contributed by atoms with Crippen molar-refractivity contribution in [1.82, 2.24) is 9.97 Å². The number of anilines is 1. The van der Waals surface area contributed by atoms with Crippen LogP contribution in [-0.4, -0.2) is 36.3 Å². The van der Waals surface area contributed by atoms with Crippen molar-refractivity contribution >= 4 is 16.9 Å². The van der Waals surface area contributed by atoms with Gasteiger partial charge in [-0.2, -0.15) is 0 Å². The van der Waals surface area contributed by atoms with Crippen LogP contribution in [0.5, 0.6) is 0 Å². The van der Waals surface area contributed by atoms with Crippen molar-refractivity contribution in [1.29, 1.82) is 0 Å². The summed E-state index contributed by atoms with van der Waals surface area (Å²) in [5.74, 6) is 0.104. The summed E-state index contributed by atoms with van der Waals surface area (Å²) in [6, 6.07) is 2.61. The molecule has 1 fully saturated rings. The summed E-state index contributed by atoms with van der Waals surface area (Å²) in [4.78, 5) is 21.2. The first-order valence-electron chi connectivity index (χ1n) is 6.18. The summed E-state index contributed by atoms with van der Waals surface area (Å²) in [7, 11) is 0. The van der Waals surface area contributed by atoms with Crippen molar-refractivity contribution in [2.24, 2.45) is 0 Å². The van der Waals surface area contributed by atoms with Gasteiger partial charge in [0, 0.05) is 13.1 Å². The maximum atomic E-state index is 13.3. The van der Waals surface area contributed by atoms with Crippen LogP contribution in [0.1, 0.15) is 5.56 Å². The highest BCUT2D eigenvalue weighted by atomic mass is 19.1. The van der Waals surface area contributed by atoms with Gasteiger partial charge in [0.2, 0.25) is 5.95 Å². The van der Waals surface area contributed by atoms with Gasteiger partial charge in [0.05, 0.1) is 24.1 Å². The number of fused-ring (bicyclic) bond motifs is 1. The Labute approximate surface area is 109 Å². The summed E-state index contributed by atoms with van der Waals surface area (Å²) in [5, 5.41) is 0.287. The van der Waals surface area contributed by atoms with E-state index in [1.54, 1.807) is 6.92 Å². The predicted molar refractivity (Wildman–Crippen MR) is 70.1 cm³/mol. The van der Waals surface area contributed by atoms with Crippen LogP contribution in [-0.2, 0) is 4.74 Å². The van der Waals surface area contributed by atoms with Gasteiger partial charge in [-0.05, 0) is 24.6 Å². The van der Waals surface area contributed by atoms with Crippen molar-refractivity contribution in [2.75, 3.05) is 31.2 Å². The molecule has 0 atom stereocenters. The number of ether oxygens (including phenoxy) is 1. The number of halogens is 1. The monoisotopic (exact) mass is 263 g/mol. The molecule has 1 N–H and O–H groups in total. The third kappa shape index (κ3) is 2.19. The van der Waals surface area contributed by atoms with Gasteiger partial charge < -0.3 is 9.64 Å². The van der Waals surface area contributed by atoms with Crippen LogP contribution in [0.25, 0.3) is 10.9 Å². The Morgan fingerprint density at radius 2 is 2.11 bits per heavy atom. The molecule has 5 nitrogen and oxygen atoms in total. The fourth-order valence-corrected chi connectivity index (χ4v) is 2.28. The van der Waals surface area contributed by atoms with E-state index in [4.69, 9.17) is 4.74 Å². The molecule has 0 aliphatic carbocycles. The molecule has 0 unspecified atom stereocenters. The fourth-order valence-electron chi connectivity index (χ4n) is 2.28. The zero-order chi connectivity index (χ0) is 13.4. The largest absolute Gasteiger partial charge is 0.378 e. The molecular weight excluding hydrogens is 249 g/mol. The average Bonchev–Trinajstić information content (AvgIpc) is 2.41. The lowest BCUT2D eigenvalue weighted by Gasteiger charge is -2.27. The molecule has 1 aliphatic heterocycles. The number of benzene rings is 1. The number of hydrogen-bond donors (Lipinski definition) is 1. The number of rotatable bonds is 1. The van der Waals surface area contributed by atoms with Crippen molar-refractivity contribution in [3.63, 3.8) is 0 Å². The molecule has 1 aliphatic rings. The van der Waals surface area contributed by atoms with Crippen LogP contribution < -0.4 is 10.5 Å². The van der Waals surface area contributed by atoms with Crippen LogP contribution >= 0.6 is 0 Å². The Morgan fingerprint density at radius 3 is 2.84 bits per heavy atom. The number of morpholine rings is 1. The average molecular weight is 263 g/mol. The standard InChI is InChI=1S/C13H14FN3O2/c1-8-6-9(14)7-10-11(8)15-13(16-12(10)18)17-2-4-19-5-3-17/h6-7H,2-5H2,1H3,(H,15,16,18). The van der Waals surface area contributed by atoms with Gasteiger partial charge >= 0.3 is 0 Å². The molecule has 3 rings (SSSR count). The Bertz CT molecular complexity index is 677. The van der Waals surface area contributed by atoms with E-state index in [0.29, 0.717) is 43.3 Å². The summed E-state index contributed by atoms with van der Waals surface area (Å²) in [5.41, 5.74) is 0.899. The first-order valence-corrected chi connectivity index (χ1v) is 6.18. The van der Waals surface area contributed by atoms with E-state index in [-0.39, 0.29) is 10.9 Å². The smallest absolute Gasteiger partial charge is 0.260 e. The highest BCUT2D eigenvalue weighted by molar-refractivity contribution is 5.81. The van der Waals surface area contributed by atoms with Gasteiger partial charge in [0.15, 0.2) is 0 Å². The highest BCUT2D eigenvalue weighted by Crippen LogP contribution is 2.18. The minimum Gasteiger partial charge on any atom is -0.378 e. The second kappa shape index (κ2) is 4.62. The van der Waals surface area contributed by atoms with Crippen molar-refractivity contribution in [3.05, 3.63) is 33.9 Å². The molecule has 0 spiro atoms. The number of H-pyrrole nitrogens is 1. The molecule has 2 aromatic rings.